The molecule has 0 N–H and O–H groups in total. The van der Waals surface area contributed by atoms with Gasteiger partial charge in [0.05, 0.1) is 0 Å². The van der Waals surface area contributed by atoms with Crippen LogP contribution in [0.2, 0.25) is 13.1 Å². The second-order valence-electron chi connectivity index (χ2n) is 14.5. The van der Waals surface area contributed by atoms with Crippen LogP contribution in [0.4, 0.5) is 0 Å². The van der Waals surface area contributed by atoms with Gasteiger partial charge in [0.15, 0.2) is 0 Å². The molecule has 0 unspecified atom stereocenters. The Labute approximate surface area is 338 Å². The fourth-order valence-corrected chi connectivity index (χ4v) is 7.04. The van der Waals surface area contributed by atoms with Gasteiger partial charge in [0, 0.05) is 9.52 Å². The van der Waals surface area contributed by atoms with Crippen LogP contribution in [-0.4, -0.2) is 9.52 Å². The Bertz CT molecular complexity index is 1800. The van der Waals surface area contributed by atoms with Gasteiger partial charge in [0.2, 0.25) is 0 Å². The van der Waals surface area contributed by atoms with Crippen molar-refractivity contribution in [3.8, 4) is 22.3 Å². The first-order valence-electron chi connectivity index (χ1n) is 19.2. The Morgan fingerprint density at radius 1 is 0.596 bits per heavy atom. The summed E-state index contributed by atoms with van der Waals surface area (Å²) in [6.45, 7) is 22.5. The van der Waals surface area contributed by atoms with Crippen molar-refractivity contribution in [1.82, 2.24) is 0 Å². The average molecular weight is 827 g/mol. The van der Waals surface area contributed by atoms with Crippen LogP contribution in [0.3, 0.4) is 0 Å². The Kier molecular flexibility index (Phi) is 19.4. The van der Waals surface area contributed by atoms with Crippen molar-refractivity contribution < 1.29 is 20.8 Å². The van der Waals surface area contributed by atoms with Gasteiger partial charge >= 0.3 is 37.9 Å². The molecule has 52 heavy (non-hydrogen) atoms. The van der Waals surface area contributed by atoms with Gasteiger partial charge in [-0.05, 0) is 60.8 Å². The number of aryl methyl sites for hydroxylation is 4. The van der Waals surface area contributed by atoms with Crippen molar-refractivity contribution in [3.63, 3.8) is 0 Å². The third kappa shape index (κ3) is 11.9. The molecule has 0 aliphatic carbocycles. The molecule has 0 heterocycles. The predicted molar refractivity (Wildman–Crippen MR) is 234 cm³/mol. The summed E-state index contributed by atoms with van der Waals surface area (Å²) >= 11 is -0.826. The zero-order chi connectivity index (χ0) is 38.2. The van der Waals surface area contributed by atoms with E-state index >= 15 is 0 Å². The quantitative estimate of drug-likeness (QED) is 0.0953. The Hall–Kier alpha value is -2.22. The van der Waals surface area contributed by atoms with Crippen LogP contribution in [-0.2, 0) is 33.7 Å². The molecule has 0 aliphatic rings. The second kappa shape index (κ2) is 22.9. The predicted octanol–water partition coefficient (Wildman–Crippen LogP) is 16.2. The molecule has 0 atom stereocenters. The van der Waals surface area contributed by atoms with Gasteiger partial charge in [0.1, 0.15) is 0 Å². The van der Waals surface area contributed by atoms with E-state index in [1.165, 1.54) is 116 Å². The first-order chi connectivity index (χ1) is 25.1. The standard InChI is InChI=1S/2C23H27.C2H6Si.2ClH.Zr/c2*1-5-6-10-18-14-19-12-13-20(16(2)3)23(22(19)15-18)21-11-8-7-9-17(21)4;1-3-2;;;/h2*7-9,11-16H,5-6,10H2,1-4H3;1-2H3;2*1H;/q2*-1;;;;+4/p-2. The molecule has 0 saturated heterocycles. The molecular formula is C48H60Cl2SiZr. The van der Waals surface area contributed by atoms with Crippen LogP contribution in [0, 0.1) is 13.8 Å². The SMILES string of the molecule is CCCCc1cc2c(-c3ccccc3C)c(C(C)C)ccc2[cH-]1.CCCCc1cc2c(-c3ccccc3C)c(C(C)C)ccc2[cH-]1.C[Si]C.[Cl][Zr+2][Cl]. The average Bonchev–Trinajstić information content (AvgIpc) is 3.74. The van der Waals surface area contributed by atoms with Gasteiger partial charge < -0.3 is 0 Å². The molecule has 0 nitrogen and oxygen atoms in total. The number of hydrogen-bond acceptors (Lipinski definition) is 0. The minimum atomic E-state index is -0.826. The molecule has 0 aromatic heterocycles. The second-order valence-corrected chi connectivity index (χ2v) is 19.2. The Morgan fingerprint density at radius 2 is 0.942 bits per heavy atom. The molecule has 0 fully saturated rings. The first-order valence-corrected chi connectivity index (χ1v) is 27.5. The van der Waals surface area contributed by atoms with E-state index in [0.29, 0.717) is 11.8 Å². The maximum atomic E-state index is 4.93. The number of hydrogen-bond donors (Lipinski definition) is 0. The molecule has 274 valence electrons. The number of fused-ring (bicyclic) bond motifs is 2. The van der Waals surface area contributed by atoms with Crippen molar-refractivity contribution in [2.45, 2.75) is 119 Å². The van der Waals surface area contributed by atoms with Crippen LogP contribution in [0.15, 0.2) is 97.1 Å². The van der Waals surface area contributed by atoms with Crippen LogP contribution >= 0.6 is 17.0 Å². The molecule has 6 aromatic carbocycles. The summed E-state index contributed by atoms with van der Waals surface area (Å²) in [4.78, 5) is 0. The van der Waals surface area contributed by atoms with Crippen molar-refractivity contribution in [3.05, 3.63) is 130 Å². The summed E-state index contributed by atoms with van der Waals surface area (Å²) in [5.74, 6) is 1.06. The van der Waals surface area contributed by atoms with Gasteiger partial charge in [0.25, 0.3) is 0 Å². The zero-order valence-corrected chi connectivity index (χ0v) is 38.4. The number of benzene rings is 4. The third-order valence-electron chi connectivity index (χ3n) is 9.68. The molecule has 4 heteroatoms. The summed E-state index contributed by atoms with van der Waals surface area (Å²) in [5, 5.41) is 5.63. The molecular weight excluding hydrogens is 767 g/mol. The van der Waals surface area contributed by atoms with E-state index in [2.05, 4.69) is 166 Å². The van der Waals surface area contributed by atoms with Gasteiger partial charge in [-0.2, -0.15) is 12.1 Å². The van der Waals surface area contributed by atoms with E-state index in [1.807, 2.05) is 0 Å². The van der Waals surface area contributed by atoms with E-state index in [1.54, 1.807) is 0 Å². The summed E-state index contributed by atoms with van der Waals surface area (Å²) in [6, 6.07) is 36.5. The van der Waals surface area contributed by atoms with Gasteiger partial charge in [-0.25, -0.2) is 0 Å². The number of unbranched alkanes of at least 4 members (excludes halogenated alkanes) is 2. The van der Waals surface area contributed by atoms with E-state index < -0.39 is 20.8 Å². The van der Waals surface area contributed by atoms with Crippen LogP contribution in [0.5, 0.6) is 0 Å². The van der Waals surface area contributed by atoms with Crippen molar-refractivity contribution in [2.24, 2.45) is 0 Å². The molecule has 0 bridgehead atoms. The first kappa shape index (κ1) is 44.2. The topological polar surface area (TPSA) is 0 Å². The molecule has 0 aliphatic heterocycles. The normalized spacial score (nSPS) is 10.7. The van der Waals surface area contributed by atoms with Gasteiger partial charge in [-0.1, -0.05) is 151 Å². The van der Waals surface area contributed by atoms with Crippen molar-refractivity contribution in [2.75, 3.05) is 0 Å². The minimum absolute atomic E-state index is 0.531. The van der Waals surface area contributed by atoms with Crippen LogP contribution in [0.25, 0.3) is 43.8 Å². The Morgan fingerprint density at radius 3 is 1.25 bits per heavy atom. The summed E-state index contributed by atoms with van der Waals surface area (Å²) in [7, 11) is 11.0. The van der Waals surface area contributed by atoms with E-state index in [0.717, 1.165) is 9.52 Å². The van der Waals surface area contributed by atoms with Crippen LogP contribution in [0.1, 0.15) is 112 Å². The molecule has 0 amide bonds. The zero-order valence-electron chi connectivity index (χ0n) is 33.4. The molecule has 6 aromatic rings. The fourth-order valence-electron chi connectivity index (χ4n) is 7.04. The monoisotopic (exact) mass is 824 g/mol. The molecule has 2 radical (unpaired) electrons. The molecule has 0 saturated carbocycles. The summed E-state index contributed by atoms with van der Waals surface area (Å²) in [6.07, 6.45) is 7.43. The van der Waals surface area contributed by atoms with Gasteiger partial charge in [-0.3, -0.25) is 0 Å². The number of rotatable bonds is 10. The van der Waals surface area contributed by atoms with Crippen LogP contribution < -0.4 is 0 Å². The fraction of sp³-hybridized carbons (Fsp3) is 0.375. The van der Waals surface area contributed by atoms with E-state index in [9.17, 15) is 0 Å². The summed E-state index contributed by atoms with van der Waals surface area (Å²) in [5.41, 5.74) is 14.3. The Balaban J connectivity index is 0.000000244. The van der Waals surface area contributed by atoms with Gasteiger partial charge in [-0.15, -0.1) is 69.1 Å². The number of halogens is 2. The van der Waals surface area contributed by atoms with Crippen molar-refractivity contribution in [1.29, 1.82) is 0 Å². The van der Waals surface area contributed by atoms with Crippen molar-refractivity contribution >= 4 is 48.1 Å². The molecule has 6 rings (SSSR count). The molecule has 0 spiro atoms. The third-order valence-corrected chi connectivity index (χ3v) is 9.68. The van der Waals surface area contributed by atoms with E-state index in [-0.39, 0.29) is 0 Å². The summed E-state index contributed by atoms with van der Waals surface area (Å²) < 4.78 is 0. The van der Waals surface area contributed by atoms with E-state index in [4.69, 9.17) is 17.0 Å². The maximum absolute atomic E-state index is 4.93.